The van der Waals surface area contributed by atoms with Crippen molar-refractivity contribution < 1.29 is 9.53 Å². The molecule has 0 N–H and O–H groups in total. The average Bonchev–Trinajstić information content (AvgIpc) is 2.90. The van der Waals surface area contributed by atoms with Gasteiger partial charge < -0.3 is 9.64 Å². The number of nitrogens with zero attached hydrogens (tertiary/aromatic N) is 2. The van der Waals surface area contributed by atoms with Crippen LogP contribution in [0.5, 0.6) is 5.75 Å². The summed E-state index contributed by atoms with van der Waals surface area (Å²) in [5, 5.41) is 0. The van der Waals surface area contributed by atoms with Crippen LogP contribution < -0.4 is 4.74 Å². The van der Waals surface area contributed by atoms with Gasteiger partial charge in [-0.3, -0.25) is 9.69 Å². The van der Waals surface area contributed by atoms with Crippen LogP contribution in [0.2, 0.25) is 0 Å². The Labute approximate surface area is 204 Å². The second-order valence-electron chi connectivity index (χ2n) is 9.18. The van der Waals surface area contributed by atoms with Crippen molar-refractivity contribution in [2.24, 2.45) is 5.92 Å². The lowest BCUT2D eigenvalue weighted by Gasteiger charge is -2.40. The van der Waals surface area contributed by atoms with Gasteiger partial charge in [0.25, 0.3) is 0 Å². The fourth-order valence-corrected chi connectivity index (χ4v) is 4.88. The van der Waals surface area contributed by atoms with E-state index in [1.165, 1.54) is 11.1 Å². The highest BCUT2D eigenvalue weighted by Gasteiger charge is 2.30. The molecular formula is C30H36N2O2. The first kappa shape index (κ1) is 24.0. The third-order valence-corrected chi connectivity index (χ3v) is 6.76. The van der Waals surface area contributed by atoms with Gasteiger partial charge in [0.15, 0.2) is 0 Å². The van der Waals surface area contributed by atoms with Gasteiger partial charge in [-0.1, -0.05) is 92.7 Å². The summed E-state index contributed by atoms with van der Waals surface area (Å²) in [6.07, 6.45) is 1.67. The Morgan fingerprint density at radius 3 is 1.79 bits per heavy atom. The van der Waals surface area contributed by atoms with Gasteiger partial charge in [0.1, 0.15) is 5.75 Å². The van der Waals surface area contributed by atoms with Crippen LogP contribution in [0.4, 0.5) is 0 Å². The molecule has 1 heterocycles. The SMILES string of the molecule is CCC(CC(C)C(=O)N1CCN(C(c2ccccc2)c2ccccc2)CC1)Oc1ccccc1. The molecule has 4 heteroatoms. The maximum Gasteiger partial charge on any atom is 0.225 e. The van der Waals surface area contributed by atoms with Crippen LogP contribution in [-0.4, -0.2) is 48.0 Å². The molecule has 0 saturated carbocycles. The Bertz CT molecular complexity index is 962. The molecule has 0 aromatic heterocycles. The van der Waals surface area contributed by atoms with Gasteiger partial charge in [-0.05, 0) is 36.1 Å². The standard InChI is InChI=1S/C30H36N2O2/c1-3-27(34-28-17-11-6-12-18-28)23-24(2)30(33)32-21-19-31(20-22-32)29(25-13-7-4-8-14-25)26-15-9-5-10-16-26/h4-18,24,27,29H,3,19-23H2,1-2H3. The number of hydrogen-bond donors (Lipinski definition) is 0. The van der Waals surface area contributed by atoms with Gasteiger partial charge in [-0.15, -0.1) is 0 Å². The largest absolute Gasteiger partial charge is 0.490 e. The van der Waals surface area contributed by atoms with E-state index >= 15 is 0 Å². The lowest BCUT2D eigenvalue weighted by Crippen LogP contribution is -2.51. The van der Waals surface area contributed by atoms with Gasteiger partial charge in [-0.25, -0.2) is 0 Å². The molecule has 0 aliphatic carbocycles. The Balaban J connectivity index is 1.36. The number of rotatable bonds is 9. The van der Waals surface area contributed by atoms with E-state index in [0.717, 1.165) is 44.8 Å². The molecule has 4 nitrogen and oxygen atoms in total. The van der Waals surface area contributed by atoms with E-state index in [2.05, 4.69) is 72.5 Å². The Kier molecular flexibility index (Phi) is 8.37. The smallest absolute Gasteiger partial charge is 0.225 e. The molecular weight excluding hydrogens is 420 g/mol. The van der Waals surface area contributed by atoms with Crippen LogP contribution in [0.1, 0.15) is 43.9 Å². The molecule has 178 valence electrons. The highest BCUT2D eigenvalue weighted by molar-refractivity contribution is 5.78. The molecule has 1 aliphatic rings. The first-order chi connectivity index (χ1) is 16.7. The minimum atomic E-state index is -0.0562. The highest BCUT2D eigenvalue weighted by Crippen LogP contribution is 2.30. The van der Waals surface area contributed by atoms with Crippen LogP contribution in [0.3, 0.4) is 0 Å². The second-order valence-corrected chi connectivity index (χ2v) is 9.18. The van der Waals surface area contributed by atoms with Crippen molar-refractivity contribution in [2.75, 3.05) is 26.2 Å². The molecule has 1 amide bonds. The second kappa shape index (κ2) is 11.8. The molecule has 2 unspecified atom stereocenters. The number of carbonyl (C=O) groups is 1. The van der Waals surface area contributed by atoms with Crippen LogP contribution >= 0.6 is 0 Å². The van der Waals surface area contributed by atoms with E-state index in [1.54, 1.807) is 0 Å². The van der Waals surface area contributed by atoms with Crippen LogP contribution in [0.25, 0.3) is 0 Å². The average molecular weight is 457 g/mol. The zero-order valence-electron chi connectivity index (χ0n) is 20.3. The summed E-state index contributed by atoms with van der Waals surface area (Å²) in [7, 11) is 0. The molecule has 0 bridgehead atoms. The molecule has 1 aliphatic heterocycles. The maximum absolute atomic E-state index is 13.3. The zero-order valence-corrected chi connectivity index (χ0v) is 20.3. The van der Waals surface area contributed by atoms with Crippen molar-refractivity contribution in [1.29, 1.82) is 0 Å². The topological polar surface area (TPSA) is 32.8 Å². The molecule has 3 aromatic rings. The van der Waals surface area contributed by atoms with Crippen molar-refractivity contribution in [2.45, 2.75) is 38.8 Å². The zero-order chi connectivity index (χ0) is 23.8. The van der Waals surface area contributed by atoms with Crippen molar-refractivity contribution in [3.63, 3.8) is 0 Å². The molecule has 0 spiro atoms. The number of benzene rings is 3. The summed E-state index contributed by atoms with van der Waals surface area (Å²) in [4.78, 5) is 17.8. The van der Waals surface area contributed by atoms with E-state index in [0.29, 0.717) is 0 Å². The first-order valence-corrected chi connectivity index (χ1v) is 12.5. The number of ether oxygens (including phenoxy) is 1. The van der Waals surface area contributed by atoms with Crippen molar-refractivity contribution >= 4 is 5.91 Å². The summed E-state index contributed by atoms with van der Waals surface area (Å²) in [5.41, 5.74) is 2.59. The number of para-hydroxylation sites is 1. The third-order valence-electron chi connectivity index (χ3n) is 6.76. The summed E-state index contributed by atoms with van der Waals surface area (Å²) in [6.45, 7) is 7.42. The molecule has 34 heavy (non-hydrogen) atoms. The summed E-state index contributed by atoms with van der Waals surface area (Å²) < 4.78 is 6.14. The van der Waals surface area contributed by atoms with Gasteiger partial charge in [0.2, 0.25) is 5.91 Å². The van der Waals surface area contributed by atoms with Crippen molar-refractivity contribution in [3.05, 3.63) is 102 Å². The van der Waals surface area contributed by atoms with E-state index in [-0.39, 0.29) is 24.0 Å². The fourth-order valence-electron chi connectivity index (χ4n) is 4.88. The summed E-state index contributed by atoms with van der Waals surface area (Å²) >= 11 is 0. The Morgan fingerprint density at radius 2 is 1.29 bits per heavy atom. The van der Waals surface area contributed by atoms with Gasteiger partial charge in [0.05, 0.1) is 12.1 Å². The lowest BCUT2D eigenvalue weighted by atomic mass is 9.96. The van der Waals surface area contributed by atoms with Crippen LogP contribution in [0, 0.1) is 5.92 Å². The quantitative estimate of drug-likeness (QED) is 0.408. The highest BCUT2D eigenvalue weighted by atomic mass is 16.5. The molecule has 3 aromatic carbocycles. The van der Waals surface area contributed by atoms with Gasteiger partial charge in [0, 0.05) is 32.1 Å². The molecule has 1 fully saturated rings. The van der Waals surface area contributed by atoms with E-state index in [9.17, 15) is 4.79 Å². The van der Waals surface area contributed by atoms with Crippen LogP contribution in [0.15, 0.2) is 91.0 Å². The summed E-state index contributed by atoms with van der Waals surface area (Å²) in [5.74, 6) is 1.06. The first-order valence-electron chi connectivity index (χ1n) is 12.5. The van der Waals surface area contributed by atoms with Gasteiger partial charge >= 0.3 is 0 Å². The van der Waals surface area contributed by atoms with Crippen LogP contribution in [-0.2, 0) is 4.79 Å². The Hall–Kier alpha value is -3.11. The van der Waals surface area contributed by atoms with E-state index in [1.807, 2.05) is 42.2 Å². The fraction of sp³-hybridized carbons (Fsp3) is 0.367. The van der Waals surface area contributed by atoms with Crippen molar-refractivity contribution in [1.82, 2.24) is 9.80 Å². The molecule has 0 radical (unpaired) electrons. The maximum atomic E-state index is 13.3. The molecule has 1 saturated heterocycles. The monoisotopic (exact) mass is 456 g/mol. The minimum Gasteiger partial charge on any atom is -0.490 e. The van der Waals surface area contributed by atoms with Gasteiger partial charge in [-0.2, -0.15) is 0 Å². The summed E-state index contributed by atoms with van der Waals surface area (Å²) in [6, 6.07) is 31.5. The number of carbonyl (C=O) groups excluding carboxylic acids is 1. The van der Waals surface area contributed by atoms with Crippen molar-refractivity contribution in [3.8, 4) is 5.75 Å². The minimum absolute atomic E-state index is 0.0446. The van der Waals surface area contributed by atoms with E-state index in [4.69, 9.17) is 4.74 Å². The number of amides is 1. The third kappa shape index (κ3) is 6.06. The lowest BCUT2D eigenvalue weighted by molar-refractivity contribution is -0.137. The Morgan fingerprint density at radius 1 is 0.794 bits per heavy atom. The normalized spacial score (nSPS) is 16.3. The number of hydrogen-bond acceptors (Lipinski definition) is 3. The number of piperazine rings is 1. The predicted molar refractivity (Wildman–Crippen MR) is 138 cm³/mol. The molecule has 4 rings (SSSR count). The predicted octanol–water partition coefficient (Wildman–Crippen LogP) is 5.80. The van der Waals surface area contributed by atoms with E-state index < -0.39 is 0 Å². The molecule has 2 atom stereocenters.